The van der Waals surface area contributed by atoms with E-state index in [0.717, 1.165) is 33.7 Å². The number of ketones is 1. The molecule has 5 heteroatoms. The molecule has 0 aromatic rings. The topological polar surface area (TPSA) is 17.1 Å². The summed E-state index contributed by atoms with van der Waals surface area (Å²) in [6.07, 6.45) is -4.53. The van der Waals surface area contributed by atoms with E-state index in [9.17, 15) is 18.0 Å². The number of hydrogen-bond donors (Lipinski definition) is 0. The number of Topliss-reactive ketones (excluding diaryl/α,β-unsaturated/α-hetero) is 1. The van der Waals surface area contributed by atoms with Crippen molar-refractivity contribution < 1.29 is 24.5 Å². The van der Waals surface area contributed by atoms with Crippen LogP contribution in [0.5, 0.6) is 0 Å². The predicted octanol–water partition coefficient (Wildman–Crippen LogP) is 3.88. The Hall–Kier alpha value is -0.0205. The molecule has 4 atom stereocenters. The molecule has 0 amide bonds. The van der Waals surface area contributed by atoms with E-state index in [1.54, 1.807) is 0 Å². The molecule has 4 unspecified atom stereocenters. The number of rotatable bonds is 1. The molecule has 92 valence electrons. The molecule has 10 heterocycles. The number of carbonyl (C=O) groups excluding carboxylic acids is 1. The number of hydrogen-bond acceptors (Lipinski definition) is 1. The van der Waals surface area contributed by atoms with Gasteiger partial charge in [0.05, 0.1) is 0 Å². The van der Waals surface area contributed by atoms with Crippen molar-refractivity contribution >= 4 is 5.78 Å². The van der Waals surface area contributed by atoms with Gasteiger partial charge in [-0.2, -0.15) is 0 Å². The van der Waals surface area contributed by atoms with Crippen molar-refractivity contribution in [1.82, 2.24) is 0 Å². The molecule has 10 fully saturated rings. The zero-order chi connectivity index (χ0) is 11.1. The van der Waals surface area contributed by atoms with Gasteiger partial charge < -0.3 is 0 Å². The van der Waals surface area contributed by atoms with Crippen molar-refractivity contribution in [2.75, 3.05) is 0 Å². The van der Waals surface area contributed by atoms with Gasteiger partial charge in [0.2, 0.25) is 0 Å². The summed E-state index contributed by atoms with van der Waals surface area (Å²) in [7, 11) is 0. The van der Waals surface area contributed by atoms with Crippen LogP contribution in [-0.2, 0) is 11.3 Å². The first-order valence-corrected chi connectivity index (χ1v) is 12.8. The molecule has 0 aliphatic carbocycles. The van der Waals surface area contributed by atoms with E-state index in [0.29, 0.717) is 9.63 Å². The second-order valence-corrected chi connectivity index (χ2v) is 34.1. The molecule has 10 aliphatic rings. The van der Waals surface area contributed by atoms with E-state index in [-0.39, 0.29) is 0 Å². The Balaban J connectivity index is 1.62. The number of halogens is 3. The van der Waals surface area contributed by atoms with Crippen LogP contribution in [-0.4, -0.2) is 12.0 Å². The molecule has 0 bridgehead atoms. The van der Waals surface area contributed by atoms with Gasteiger partial charge in [-0.15, -0.1) is 0 Å². The van der Waals surface area contributed by atoms with E-state index in [1.165, 1.54) is 0 Å². The first-order chi connectivity index (χ1) is 7.70. The van der Waals surface area contributed by atoms with Crippen LogP contribution < -0.4 is 0 Å². The van der Waals surface area contributed by atoms with Gasteiger partial charge in [0.25, 0.3) is 0 Å². The maximum atomic E-state index is 13.0. The van der Waals surface area contributed by atoms with Crippen LogP contribution in [0.4, 0.5) is 13.2 Å². The van der Waals surface area contributed by atoms with Crippen LogP contribution in [0.2, 0.25) is 47.7 Å². The standard InChI is InChI=1S/C7H4F3O.C5H5.Fe/c8-7(9,10)6(11)5-3-1-2-4-5;1-2-4-5-3-1;/h1-4H;1-5H;. The van der Waals surface area contributed by atoms with Crippen LogP contribution in [0, 0.1) is 0 Å². The summed E-state index contributed by atoms with van der Waals surface area (Å²) in [6.45, 7) is -3.82. The molecule has 0 aromatic carbocycles. The van der Waals surface area contributed by atoms with E-state index < -0.39 is 22.8 Å². The summed E-state index contributed by atoms with van der Waals surface area (Å²) < 4.78 is 38.4. The first-order valence-electron chi connectivity index (χ1n) is 6.53. The fourth-order valence-electron chi connectivity index (χ4n) is 17.0. The predicted molar refractivity (Wildman–Crippen MR) is 47.5 cm³/mol. The van der Waals surface area contributed by atoms with Gasteiger partial charge in [-0.05, 0) is 0 Å². The Morgan fingerprint density at radius 2 is 1.29 bits per heavy atom. The maximum absolute atomic E-state index is 13.0. The van der Waals surface area contributed by atoms with Crippen molar-refractivity contribution in [3.05, 3.63) is 0 Å². The third kappa shape index (κ3) is 0.0617. The third-order valence-corrected chi connectivity index (χ3v) is 57.6. The molecule has 0 aromatic heterocycles. The molecule has 0 radical (unpaired) electrons. The summed E-state index contributed by atoms with van der Waals surface area (Å²) in [5.41, 5.74) is 0. The normalized spacial score (nSPS) is 120. The van der Waals surface area contributed by atoms with Crippen LogP contribution in [0.15, 0.2) is 0 Å². The molecule has 0 N–H and O–H groups in total. The van der Waals surface area contributed by atoms with E-state index >= 15 is 0 Å². The number of alkyl halides is 3. The van der Waals surface area contributed by atoms with Crippen molar-refractivity contribution in [1.29, 1.82) is 0 Å². The average molecular weight is 282 g/mol. The Morgan fingerprint density at radius 1 is 0.882 bits per heavy atom. The van der Waals surface area contributed by atoms with Gasteiger partial charge in [-0.1, -0.05) is 0 Å². The average Bonchev–Trinajstić information content (AvgIpc) is 3.20. The Kier molecular flexibility index (Phi) is 0.179. The summed E-state index contributed by atoms with van der Waals surface area (Å²) >= 11 is 0. The van der Waals surface area contributed by atoms with Gasteiger partial charge >= 0.3 is 84.1 Å². The van der Waals surface area contributed by atoms with Crippen LogP contribution >= 0.6 is 0 Å². The molecule has 1 spiro atoms. The molecule has 10 rings (SSSR count). The Bertz CT molecular complexity index is 941. The molecule has 17 heavy (non-hydrogen) atoms. The van der Waals surface area contributed by atoms with Crippen molar-refractivity contribution in [2.24, 2.45) is 0 Å². The van der Waals surface area contributed by atoms with E-state index in [2.05, 4.69) is 0 Å². The van der Waals surface area contributed by atoms with Crippen LogP contribution in [0.3, 0.4) is 0 Å². The van der Waals surface area contributed by atoms with E-state index in [4.69, 9.17) is 0 Å². The van der Waals surface area contributed by atoms with Crippen molar-refractivity contribution in [3.63, 3.8) is 0 Å². The molecular formula is C12H9F3FeO. The fraction of sp³-hybridized carbons (Fsp3) is 0.917. The Morgan fingerprint density at radius 3 is 1.47 bits per heavy atom. The minimum absolute atomic E-state index is 0.427. The molecule has 10 aliphatic heterocycles. The van der Waals surface area contributed by atoms with Crippen molar-refractivity contribution in [3.8, 4) is 0 Å². The SMILES string of the molecule is O=C(C(F)(F)F)[C]12[CH]3[CH]4[CH]5[CH]1[Fe]45321678[CH]2[CH]1[CH]6[CH]7[CH]28. The molecular weight excluding hydrogens is 273 g/mol. The molecule has 0 saturated carbocycles. The molecule has 10 saturated heterocycles. The van der Waals surface area contributed by atoms with Gasteiger partial charge in [0.1, 0.15) is 0 Å². The van der Waals surface area contributed by atoms with Crippen molar-refractivity contribution in [2.45, 2.75) is 53.8 Å². The van der Waals surface area contributed by atoms with Crippen LogP contribution in [0.1, 0.15) is 0 Å². The summed E-state index contributed by atoms with van der Waals surface area (Å²) in [5, 5.41) is 0. The second-order valence-electron chi connectivity index (χ2n) is 10.5. The summed E-state index contributed by atoms with van der Waals surface area (Å²) in [6, 6.07) is 0. The minimum atomic E-state index is -4.53. The van der Waals surface area contributed by atoms with E-state index in [1.807, 2.05) is 0 Å². The van der Waals surface area contributed by atoms with Crippen LogP contribution in [0.25, 0.3) is 0 Å². The fourth-order valence-corrected chi connectivity index (χ4v) is 90.8. The van der Waals surface area contributed by atoms with Gasteiger partial charge in [0.15, 0.2) is 0 Å². The zero-order valence-electron chi connectivity index (χ0n) is 8.59. The van der Waals surface area contributed by atoms with Gasteiger partial charge in [-0.25, -0.2) is 0 Å². The summed E-state index contributed by atoms with van der Waals surface area (Å²) in [5.74, 6) is -1.20. The number of carbonyl (C=O) groups is 1. The van der Waals surface area contributed by atoms with Gasteiger partial charge in [0, 0.05) is 0 Å². The quantitative estimate of drug-likeness (QED) is 0.667. The number of fused-ring (bicyclic) bond motifs is 10. The monoisotopic (exact) mass is 282 g/mol. The second kappa shape index (κ2) is 0.474. The zero-order valence-corrected chi connectivity index (χ0v) is 9.70. The summed E-state index contributed by atoms with van der Waals surface area (Å²) in [4.78, 5) is 18.6. The molecule has 1 nitrogen and oxygen atoms in total. The third-order valence-electron chi connectivity index (χ3n) is 15.3. The first kappa shape index (κ1) is 6.42. The Labute approximate surface area is 84.4 Å². The van der Waals surface area contributed by atoms with Gasteiger partial charge in [-0.3, -0.25) is 0 Å².